The maximum atomic E-state index is 12.3. The fraction of sp³-hybridized carbons (Fsp3) is 0.467. The van der Waals surface area contributed by atoms with Gasteiger partial charge in [0.1, 0.15) is 6.04 Å². The number of rotatable bonds is 7. The van der Waals surface area contributed by atoms with Crippen LogP contribution in [0.15, 0.2) is 29.2 Å². The first kappa shape index (κ1) is 19.1. The molecule has 0 radical (unpaired) electrons. The molecule has 0 saturated heterocycles. The van der Waals surface area contributed by atoms with E-state index in [1.165, 1.54) is 12.1 Å². The molecule has 0 heterocycles. The van der Waals surface area contributed by atoms with Crippen molar-refractivity contribution in [3.05, 3.63) is 29.8 Å². The second kappa shape index (κ2) is 7.10. The van der Waals surface area contributed by atoms with E-state index in [-0.39, 0.29) is 23.2 Å². The number of benzene rings is 1. The van der Waals surface area contributed by atoms with Crippen LogP contribution in [0.1, 0.15) is 39.2 Å². The molecule has 0 aromatic heterocycles. The van der Waals surface area contributed by atoms with Crippen LogP contribution < -0.4 is 16.2 Å². The predicted molar refractivity (Wildman–Crippen MR) is 86.9 cm³/mol. The highest BCUT2D eigenvalue weighted by Crippen LogP contribution is 2.23. The van der Waals surface area contributed by atoms with Gasteiger partial charge in [0.15, 0.2) is 0 Å². The Kier molecular flexibility index (Phi) is 5.90. The fourth-order valence-corrected chi connectivity index (χ4v) is 3.17. The lowest BCUT2D eigenvalue weighted by Gasteiger charge is -2.20. The third kappa shape index (κ3) is 5.65. The predicted octanol–water partition coefficient (Wildman–Crippen LogP) is 0.382. The average molecular weight is 341 g/mol. The smallest absolute Gasteiger partial charge is 0.241 e. The van der Waals surface area contributed by atoms with Crippen molar-refractivity contribution in [3.8, 4) is 0 Å². The Morgan fingerprint density at radius 1 is 1.13 bits per heavy atom. The minimum absolute atomic E-state index is 0.0239. The summed E-state index contributed by atoms with van der Waals surface area (Å²) in [5.74, 6) is -1.49. The zero-order valence-corrected chi connectivity index (χ0v) is 14.3. The van der Waals surface area contributed by atoms with Crippen molar-refractivity contribution >= 4 is 21.8 Å². The zero-order chi connectivity index (χ0) is 17.8. The number of nitrogens with two attached hydrogens (primary N) is 2. The van der Waals surface area contributed by atoms with Crippen molar-refractivity contribution < 1.29 is 18.0 Å². The van der Waals surface area contributed by atoms with E-state index in [0.717, 1.165) is 5.56 Å². The Balaban J connectivity index is 2.96. The normalized spacial score (nSPS) is 13.5. The monoisotopic (exact) mass is 341 g/mol. The van der Waals surface area contributed by atoms with E-state index in [1.54, 1.807) is 12.1 Å². The molecule has 1 atom stereocenters. The highest BCUT2D eigenvalue weighted by Gasteiger charge is 2.25. The quantitative estimate of drug-likeness (QED) is 0.661. The third-order valence-electron chi connectivity index (χ3n) is 3.35. The van der Waals surface area contributed by atoms with Gasteiger partial charge in [-0.3, -0.25) is 9.59 Å². The van der Waals surface area contributed by atoms with Crippen molar-refractivity contribution in [3.63, 3.8) is 0 Å². The molecule has 0 saturated carbocycles. The highest BCUT2D eigenvalue weighted by atomic mass is 32.2. The van der Waals surface area contributed by atoms with E-state index in [4.69, 9.17) is 11.5 Å². The third-order valence-corrected chi connectivity index (χ3v) is 4.84. The van der Waals surface area contributed by atoms with Crippen LogP contribution in [0.2, 0.25) is 0 Å². The van der Waals surface area contributed by atoms with Gasteiger partial charge in [-0.1, -0.05) is 32.9 Å². The van der Waals surface area contributed by atoms with Crippen LogP contribution in [0.3, 0.4) is 0 Å². The van der Waals surface area contributed by atoms with E-state index in [2.05, 4.69) is 4.72 Å². The van der Waals surface area contributed by atoms with Gasteiger partial charge < -0.3 is 11.5 Å². The first-order chi connectivity index (χ1) is 10.4. The minimum atomic E-state index is -3.92. The van der Waals surface area contributed by atoms with Crippen molar-refractivity contribution in [2.24, 2.45) is 11.5 Å². The Labute approximate surface area is 136 Å². The van der Waals surface area contributed by atoms with E-state index in [1.807, 2.05) is 20.8 Å². The van der Waals surface area contributed by atoms with Crippen molar-refractivity contribution in [2.45, 2.75) is 50.0 Å². The molecule has 5 N–H and O–H groups in total. The number of nitrogens with one attached hydrogen (secondary N) is 1. The molecule has 0 aliphatic heterocycles. The van der Waals surface area contributed by atoms with Gasteiger partial charge in [0.25, 0.3) is 0 Å². The lowest BCUT2D eigenvalue weighted by Crippen LogP contribution is -2.44. The SMILES string of the molecule is CC(C)(C)c1ccc(S(=O)(=O)N[C@@H](CCC(N)=O)C(N)=O)cc1. The summed E-state index contributed by atoms with van der Waals surface area (Å²) in [6, 6.07) is 5.19. The van der Waals surface area contributed by atoms with Gasteiger partial charge >= 0.3 is 0 Å². The molecule has 0 fully saturated rings. The Bertz CT molecular complexity index is 676. The number of hydrogen-bond donors (Lipinski definition) is 3. The molecule has 7 nitrogen and oxygen atoms in total. The number of sulfonamides is 1. The second-order valence-electron chi connectivity index (χ2n) is 6.36. The summed E-state index contributed by atoms with van der Waals surface area (Å²) in [4.78, 5) is 22.2. The van der Waals surface area contributed by atoms with Crippen LogP contribution in [-0.4, -0.2) is 26.3 Å². The maximum absolute atomic E-state index is 12.3. The molecule has 2 amide bonds. The summed E-state index contributed by atoms with van der Waals surface area (Å²) in [6.07, 6.45) is -0.219. The van der Waals surface area contributed by atoms with Crippen molar-refractivity contribution in [1.82, 2.24) is 4.72 Å². The Morgan fingerprint density at radius 2 is 1.65 bits per heavy atom. The molecule has 128 valence electrons. The lowest BCUT2D eigenvalue weighted by molar-refractivity contribution is -0.120. The number of carbonyl (C=O) groups excluding carboxylic acids is 2. The van der Waals surface area contributed by atoms with Crippen LogP contribution in [0.5, 0.6) is 0 Å². The topological polar surface area (TPSA) is 132 Å². The molecule has 8 heteroatoms. The standard InChI is InChI=1S/C15H23N3O4S/c1-15(2,3)10-4-6-11(7-5-10)23(21,22)18-12(14(17)20)8-9-13(16)19/h4-7,12,18H,8-9H2,1-3H3,(H2,16,19)(H2,17,20)/t12-/m0/s1. The Morgan fingerprint density at radius 3 is 2.04 bits per heavy atom. The first-order valence-electron chi connectivity index (χ1n) is 7.14. The lowest BCUT2D eigenvalue weighted by atomic mass is 9.87. The summed E-state index contributed by atoms with van der Waals surface area (Å²) in [6.45, 7) is 6.05. The van der Waals surface area contributed by atoms with Gasteiger partial charge in [-0.25, -0.2) is 8.42 Å². The summed E-state index contributed by atoms with van der Waals surface area (Å²) in [5, 5.41) is 0. The van der Waals surface area contributed by atoms with Crippen LogP contribution in [0, 0.1) is 0 Å². The van der Waals surface area contributed by atoms with Gasteiger partial charge in [0.05, 0.1) is 4.90 Å². The van der Waals surface area contributed by atoms with E-state index in [9.17, 15) is 18.0 Å². The number of amides is 2. The number of hydrogen-bond acceptors (Lipinski definition) is 4. The molecule has 23 heavy (non-hydrogen) atoms. The van der Waals surface area contributed by atoms with Gasteiger partial charge in [0, 0.05) is 6.42 Å². The summed E-state index contributed by atoms with van der Waals surface area (Å²) in [7, 11) is -3.92. The van der Waals surface area contributed by atoms with Gasteiger partial charge in [-0.2, -0.15) is 4.72 Å². The number of carbonyl (C=O) groups is 2. The maximum Gasteiger partial charge on any atom is 0.241 e. The van der Waals surface area contributed by atoms with Gasteiger partial charge in [-0.05, 0) is 29.5 Å². The van der Waals surface area contributed by atoms with Crippen LogP contribution in [0.4, 0.5) is 0 Å². The molecule has 0 spiro atoms. The van der Waals surface area contributed by atoms with Crippen molar-refractivity contribution in [2.75, 3.05) is 0 Å². The van der Waals surface area contributed by atoms with Gasteiger partial charge in [0.2, 0.25) is 21.8 Å². The van der Waals surface area contributed by atoms with Gasteiger partial charge in [-0.15, -0.1) is 0 Å². The summed E-state index contributed by atoms with van der Waals surface area (Å²) >= 11 is 0. The summed E-state index contributed by atoms with van der Waals surface area (Å²) in [5.41, 5.74) is 11.1. The molecular weight excluding hydrogens is 318 g/mol. The molecule has 1 aromatic carbocycles. The van der Waals surface area contributed by atoms with Crippen LogP contribution >= 0.6 is 0 Å². The molecule has 0 unspecified atom stereocenters. The van der Waals surface area contributed by atoms with Crippen LogP contribution in [0.25, 0.3) is 0 Å². The average Bonchev–Trinajstić information content (AvgIpc) is 2.42. The highest BCUT2D eigenvalue weighted by molar-refractivity contribution is 7.89. The second-order valence-corrected chi connectivity index (χ2v) is 8.07. The van der Waals surface area contributed by atoms with Crippen molar-refractivity contribution in [1.29, 1.82) is 0 Å². The van der Waals surface area contributed by atoms with E-state index < -0.39 is 27.9 Å². The zero-order valence-electron chi connectivity index (χ0n) is 13.5. The largest absolute Gasteiger partial charge is 0.370 e. The summed E-state index contributed by atoms with van der Waals surface area (Å²) < 4.78 is 26.8. The number of primary amides is 2. The first-order valence-corrected chi connectivity index (χ1v) is 8.62. The molecule has 0 aliphatic carbocycles. The molecule has 0 aliphatic rings. The molecule has 0 bridgehead atoms. The fourth-order valence-electron chi connectivity index (χ4n) is 1.94. The van der Waals surface area contributed by atoms with E-state index in [0.29, 0.717) is 0 Å². The molecule has 1 rings (SSSR count). The van der Waals surface area contributed by atoms with E-state index >= 15 is 0 Å². The molecule has 1 aromatic rings. The molecular formula is C15H23N3O4S. The van der Waals surface area contributed by atoms with Crippen LogP contribution in [-0.2, 0) is 25.0 Å². The Hall–Kier alpha value is -1.93. The minimum Gasteiger partial charge on any atom is -0.370 e.